The van der Waals surface area contributed by atoms with Gasteiger partial charge in [0, 0.05) is 5.56 Å². The Morgan fingerprint density at radius 2 is 1.58 bits per heavy atom. The number of aromatic nitrogens is 2. The van der Waals surface area contributed by atoms with Gasteiger partial charge in [0.1, 0.15) is 5.69 Å². The molecule has 0 unspecified atom stereocenters. The number of sulfonamides is 1. The van der Waals surface area contributed by atoms with Crippen LogP contribution < -0.4 is 4.72 Å². The lowest BCUT2D eigenvalue weighted by Gasteiger charge is -2.17. The summed E-state index contributed by atoms with van der Waals surface area (Å²) in [7, 11) is -3.77. The van der Waals surface area contributed by atoms with Crippen LogP contribution in [0.25, 0.3) is 5.69 Å². The first kappa shape index (κ1) is 14.6. The monoisotopic (exact) mass is 338 g/mol. The van der Waals surface area contributed by atoms with E-state index in [1.807, 2.05) is 43.3 Å². The van der Waals surface area contributed by atoms with E-state index in [-0.39, 0.29) is 5.04 Å². The molecule has 1 N–H and O–H groups in total. The van der Waals surface area contributed by atoms with Crippen molar-refractivity contribution in [3.05, 3.63) is 71.9 Å². The van der Waals surface area contributed by atoms with Gasteiger partial charge in [-0.3, -0.25) is 4.72 Å². The van der Waals surface area contributed by atoms with E-state index in [1.54, 1.807) is 28.9 Å². The normalized spacial score (nSPS) is 15.3. The predicted molar refractivity (Wildman–Crippen MR) is 93.5 cm³/mol. The molecule has 0 bridgehead atoms. The van der Waals surface area contributed by atoms with Gasteiger partial charge in [-0.1, -0.05) is 48.5 Å². The fourth-order valence-corrected chi connectivity index (χ4v) is 3.83. The molecule has 0 radical (unpaired) electrons. The molecule has 0 atom stereocenters. The number of hydrogen-bond donors (Lipinski definition) is 1. The third-order valence-electron chi connectivity index (χ3n) is 3.75. The Balaban J connectivity index is 1.94. The van der Waals surface area contributed by atoms with Crippen LogP contribution in [0.3, 0.4) is 0 Å². The van der Waals surface area contributed by atoms with Crippen LogP contribution in [0, 0.1) is 6.92 Å². The first-order valence-electron chi connectivity index (χ1n) is 7.38. The molecule has 0 fully saturated rings. The number of hydrogen-bond acceptors (Lipinski definition) is 4. The number of aliphatic imine (C=N–C) groups is 1. The largest absolute Gasteiger partial charge is 0.281 e. The summed E-state index contributed by atoms with van der Waals surface area (Å²) in [6.07, 6.45) is 0. The summed E-state index contributed by atoms with van der Waals surface area (Å²) >= 11 is 0. The average Bonchev–Trinajstić information content (AvgIpc) is 2.90. The fraction of sp³-hybridized carbons (Fsp3) is 0.0588. The number of nitrogens with one attached hydrogen (secondary N) is 1. The minimum Gasteiger partial charge on any atom is -0.260 e. The van der Waals surface area contributed by atoms with Gasteiger partial charge in [0.05, 0.1) is 11.4 Å². The quantitative estimate of drug-likeness (QED) is 0.780. The highest BCUT2D eigenvalue weighted by Crippen LogP contribution is 2.36. The molecule has 1 aliphatic heterocycles. The smallest absolute Gasteiger partial charge is 0.260 e. The van der Waals surface area contributed by atoms with E-state index in [9.17, 15) is 8.42 Å². The molecule has 7 heteroatoms. The van der Waals surface area contributed by atoms with Crippen molar-refractivity contribution >= 4 is 26.6 Å². The molecular formula is C17H14N4O2S. The summed E-state index contributed by atoms with van der Waals surface area (Å²) in [5.74, 6) is 0.360. The van der Waals surface area contributed by atoms with Gasteiger partial charge < -0.3 is 0 Å². The molecule has 6 nitrogen and oxygen atoms in total. The molecule has 0 saturated heterocycles. The minimum absolute atomic E-state index is 0.00584. The Morgan fingerprint density at radius 3 is 2.25 bits per heavy atom. The maximum absolute atomic E-state index is 12.7. The van der Waals surface area contributed by atoms with Crippen LogP contribution in [0.4, 0.5) is 11.5 Å². The SMILES string of the molecule is Cc1nn(-c2ccccc2)c2c1N=C(c1ccccc1)S(=O)(=O)N2. The van der Waals surface area contributed by atoms with E-state index < -0.39 is 10.0 Å². The van der Waals surface area contributed by atoms with E-state index in [0.717, 1.165) is 5.69 Å². The second-order valence-electron chi connectivity index (χ2n) is 5.42. The van der Waals surface area contributed by atoms with Gasteiger partial charge in [0.15, 0.2) is 10.9 Å². The van der Waals surface area contributed by atoms with Crippen molar-refractivity contribution < 1.29 is 8.42 Å². The molecule has 120 valence electrons. The highest BCUT2D eigenvalue weighted by molar-refractivity contribution is 8.08. The van der Waals surface area contributed by atoms with Crippen LogP contribution in [0.15, 0.2) is 65.7 Å². The maximum atomic E-state index is 12.7. The zero-order chi connectivity index (χ0) is 16.7. The predicted octanol–water partition coefficient (Wildman–Crippen LogP) is 3.01. The second kappa shape index (κ2) is 5.31. The fourth-order valence-electron chi connectivity index (χ4n) is 2.64. The van der Waals surface area contributed by atoms with Gasteiger partial charge in [-0.05, 0) is 19.1 Å². The lowest BCUT2D eigenvalue weighted by Crippen LogP contribution is -2.27. The standard InChI is InChI=1S/C17H14N4O2S/c1-12-15-16(21(19-12)14-10-6-3-7-11-14)20-24(22,23)17(18-15)13-8-4-2-5-9-13/h2-11,20H,1H3. The van der Waals surface area contributed by atoms with Crippen LogP contribution in [0.1, 0.15) is 11.3 Å². The zero-order valence-electron chi connectivity index (χ0n) is 12.8. The number of anilines is 1. The molecule has 0 spiro atoms. The minimum atomic E-state index is -3.77. The average molecular weight is 338 g/mol. The van der Waals surface area contributed by atoms with Crippen molar-refractivity contribution in [2.75, 3.05) is 4.72 Å². The Kier molecular flexibility index (Phi) is 3.24. The molecule has 0 amide bonds. The lowest BCUT2D eigenvalue weighted by molar-refractivity contribution is 0.611. The molecule has 0 saturated carbocycles. The van der Waals surface area contributed by atoms with Gasteiger partial charge in [0.2, 0.25) is 0 Å². The number of aryl methyl sites for hydroxylation is 1. The van der Waals surface area contributed by atoms with Gasteiger partial charge in [-0.15, -0.1) is 0 Å². The molecular weight excluding hydrogens is 324 g/mol. The van der Waals surface area contributed by atoms with Crippen LogP contribution in [-0.2, 0) is 10.0 Å². The van der Waals surface area contributed by atoms with Crippen molar-refractivity contribution in [2.24, 2.45) is 4.99 Å². The Morgan fingerprint density at radius 1 is 0.958 bits per heavy atom. The van der Waals surface area contributed by atoms with Gasteiger partial charge >= 0.3 is 0 Å². The molecule has 2 aromatic carbocycles. The summed E-state index contributed by atoms with van der Waals surface area (Å²) in [5, 5.41) is 4.44. The van der Waals surface area contributed by atoms with Gasteiger partial charge in [-0.25, -0.2) is 9.67 Å². The Bertz CT molecular complexity index is 1040. The summed E-state index contributed by atoms with van der Waals surface area (Å²) in [6, 6.07) is 18.2. The molecule has 0 aliphatic carbocycles. The van der Waals surface area contributed by atoms with E-state index >= 15 is 0 Å². The first-order chi connectivity index (χ1) is 11.6. The Labute approximate surface area is 139 Å². The van der Waals surface area contributed by atoms with E-state index in [0.29, 0.717) is 22.8 Å². The van der Waals surface area contributed by atoms with Gasteiger partial charge in [0.25, 0.3) is 10.0 Å². The number of benzene rings is 2. The molecule has 2 heterocycles. The lowest BCUT2D eigenvalue weighted by atomic mass is 10.2. The van der Waals surface area contributed by atoms with E-state index in [4.69, 9.17) is 0 Å². The van der Waals surface area contributed by atoms with E-state index in [1.165, 1.54) is 0 Å². The second-order valence-corrected chi connectivity index (χ2v) is 7.02. The highest BCUT2D eigenvalue weighted by Gasteiger charge is 2.31. The number of rotatable bonds is 2. The first-order valence-corrected chi connectivity index (χ1v) is 8.86. The van der Waals surface area contributed by atoms with Gasteiger partial charge in [-0.2, -0.15) is 13.5 Å². The summed E-state index contributed by atoms with van der Waals surface area (Å²) < 4.78 is 29.5. The molecule has 1 aliphatic rings. The van der Waals surface area contributed by atoms with Crippen LogP contribution in [-0.4, -0.2) is 23.2 Å². The molecule has 24 heavy (non-hydrogen) atoms. The highest BCUT2D eigenvalue weighted by atomic mass is 32.2. The Hall–Kier alpha value is -2.93. The number of nitrogens with zero attached hydrogens (tertiary/aromatic N) is 3. The van der Waals surface area contributed by atoms with Crippen molar-refractivity contribution in [1.29, 1.82) is 0 Å². The molecule has 3 aromatic rings. The van der Waals surface area contributed by atoms with Crippen LogP contribution in [0.2, 0.25) is 0 Å². The zero-order valence-corrected chi connectivity index (χ0v) is 13.7. The molecule has 1 aromatic heterocycles. The number of para-hydroxylation sites is 1. The summed E-state index contributed by atoms with van der Waals surface area (Å²) in [6.45, 7) is 1.81. The summed E-state index contributed by atoms with van der Waals surface area (Å²) in [5.41, 5.74) is 2.50. The molecule has 4 rings (SSSR count). The van der Waals surface area contributed by atoms with Crippen molar-refractivity contribution in [1.82, 2.24) is 9.78 Å². The van der Waals surface area contributed by atoms with Crippen LogP contribution >= 0.6 is 0 Å². The summed E-state index contributed by atoms with van der Waals surface area (Å²) in [4.78, 5) is 4.40. The van der Waals surface area contributed by atoms with Crippen molar-refractivity contribution in [3.63, 3.8) is 0 Å². The van der Waals surface area contributed by atoms with E-state index in [2.05, 4.69) is 14.8 Å². The topological polar surface area (TPSA) is 76.3 Å². The van der Waals surface area contributed by atoms with Crippen LogP contribution in [0.5, 0.6) is 0 Å². The number of fused-ring (bicyclic) bond motifs is 1. The van der Waals surface area contributed by atoms with Crippen molar-refractivity contribution in [2.45, 2.75) is 6.92 Å². The maximum Gasteiger partial charge on any atom is 0.281 e. The van der Waals surface area contributed by atoms with Crippen molar-refractivity contribution in [3.8, 4) is 5.69 Å². The third kappa shape index (κ3) is 2.30. The third-order valence-corrected chi connectivity index (χ3v) is 5.05.